The predicted octanol–water partition coefficient (Wildman–Crippen LogP) is 2.72. The lowest BCUT2D eigenvalue weighted by Crippen LogP contribution is -2.18. The van der Waals surface area contributed by atoms with E-state index >= 15 is 0 Å². The zero-order valence-electron chi connectivity index (χ0n) is 11.1. The number of hydrogen-bond donors (Lipinski definition) is 0. The summed E-state index contributed by atoms with van der Waals surface area (Å²) in [5, 5.41) is 5.82. The summed E-state index contributed by atoms with van der Waals surface area (Å²) in [7, 11) is 4.17. The fourth-order valence-corrected chi connectivity index (χ4v) is 1.87. The van der Waals surface area contributed by atoms with E-state index in [1.807, 2.05) is 4.68 Å². The second-order valence-corrected chi connectivity index (χ2v) is 5.17. The summed E-state index contributed by atoms with van der Waals surface area (Å²) in [5.74, 6) is 0.574. The molecule has 0 spiro atoms. The highest BCUT2D eigenvalue weighted by Gasteiger charge is 2.04. The number of aromatic nitrogens is 2. The van der Waals surface area contributed by atoms with E-state index in [9.17, 15) is 0 Å². The van der Waals surface area contributed by atoms with Crippen LogP contribution in [0.15, 0.2) is 24.4 Å². The van der Waals surface area contributed by atoms with Gasteiger partial charge < -0.3 is 4.90 Å². The van der Waals surface area contributed by atoms with Crippen LogP contribution in [-0.4, -0.2) is 35.3 Å². The quantitative estimate of drug-likeness (QED) is 0.806. The summed E-state index contributed by atoms with van der Waals surface area (Å²) >= 11 is 0. The van der Waals surface area contributed by atoms with E-state index in [0.717, 1.165) is 18.6 Å². The van der Waals surface area contributed by atoms with Gasteiger partial charge in [-0.2, -0.15) is 5.10 Å². The molecular weight excluding hydrogens is 210 g/mol. The first-order valence-corrected chi connectivity index (χ1v) is 6.18. The van der Waals surface area contributed by atoms with Gasteiger partial charge in [0, 0.05) is 18.1 Å². The first-order valence-electron chi connectivity index (χ1n) is 6.18. The molecule has 0 fully saturated rings. The second kappa shape index (κ2) is 4.88. The van der Waals surface area contributed by atoms with Gasteiger partial charge in [0.15, 0.2) is 0 Å². The van der Waals surface area contributed by atoms with Gasteiger partial charge >= 0.3 is 0 Å². The van der Waals surface area contributed by atoms with Crippen molar-refractivity contribution in [3.05, 3.63) is 30.0 Å². The molecule has 0 radical (unpaired) electrons. The monoisotopic (exact) mass is 231 g/mol. The van der Waals surface area contributed by atoms with Crippen LogP contribution in [0.1, 0.15) is 25.3 Å². The number of nitrogens with zero attached hydrogens (tertiary/aromatic N) is 3. The van der Waals surface area contributed by atoms with Crippen molar-refractivity contribution in [3.63, 3.8) is 0 Å². The fraction of sp³-hybridized carbons (Fsp3) is 0.500. The van der Waals surface area contributed by atoms with Crippen molar-refractivity contribution in [2.24, 2.45) is 0 Å². The summed E-state index contributed by atoms with van der Waals surface area (Å²) in [6.45, 7) is 6.40. The van der Waals surface area contributed by atoms with E-state index in [-0.39, 0.29) is 0 Å². The van der Waals surface area contributed by atoms with E-state index in [2.05, 4.69) is 62.3 Å². The summed E-state index contributed by atoms with van der Waals surface area (Å²) in [6, 6.07) is 6.55. The summed E-state index contributed by atoms with van der Waals surface area (Å²) in [6.07, 6.45) is 2.14. The van der Waals surface area contributed by atoms with Crippen molar-refractivity contribution < 1.29 is 0 Å². The van der Waals surface area contributed by atoms with Gasteiger partial charge in [0.2, 0.25) is 0 Å². The van der Waals surface area contributed by atoms with Crippen LogP contribution in [0.3, 0.4) is 0 Å². The Hall–Kier alpha value is -1.35. The van der Waals surface area contributed by atoms with Crippen LogP contribution in [0.4, 0.5) is 0 Å². The summed E-state index contributed by atoms with van der Waals surface area (Å²) in [4.78, 5) is 2.17. The molecule has 0 saturated heterocycles. The maximum atomic E-state index is 4.58. The van der Waals surface area contributed by atoms with Crippen molar-refractivity contribution in [2.45, 2.75) is 26.3 Å². The molecule has 17 heavy (non-hydrogen) atoms. The molecular formula is C14H21N3. The molecule has 2 rings (SSSR count). The minimum atomic E-state index is 0.574. The van der Waals surface area contributed by atoms with Crippen LogP contribution in [0.2, 0.25) is 0 Å². The average Bonchev–Trinajstić information content (AvgIpc) is 2.67. The van der Waals surface area contributed by atoms with Crippen molar-refractivity contribution in [1.29, 1.82) is 0 Å². The molecule has 0 aliphatic heterocycles. The SMILES string of the molecule is CC(C)c1ccc2nn(CCN(C)C)cc2c1. The minimum absolute atomic E-state index is 0.574. The van der Waals surface area contributed by atoms with Gasteiger partial charge in [0.1, 0.15) is 0 Å². The Labute approximate surface area is 103 Å². The largest absolute Gasteiger partial charge is 0.308 e. The topological polar surface area (TPSA) is 21.1 Å². The predicted molar refractivity (Wildman–Crippen MR) is 72.4 cm³/mol. The van der Waals surface area contributed by atoms with Crippen LogP contribution in [0.5, 0.6) is 0 Å². The van der Waals surface area contributed by atoms with Crippen molar-refractivity contribution in [1.82, 2.24) is 14.7 Å². The molecule has 92 valence electrons. The second-order valence-electron chi connectivity index (χ2n) is 5.17. The van der Waals surface area contributed by atoms with E-state index < -0.39 is 0 Å². The van der Waals surface area contributed by atoms with Crippen molar-refractivity contribution in [2.75, 3.05) is 20.6 Å². The number of rotatable bonds is 4. The summed E-state index contributed by atoms with van der Waals surface area (Å²) < 4.78 is 2.04. The molecule has 1 heterocycles. The van der Waals surface area contributed by atoms with Gasteiger partial charge in [-0.25, -0.2) is 0 Å². The van der Waals surface area contributed by atoms with Crippen LogP contribution < -0.4 is 0 Å². The minimum Gasteiger partial charge on any atom is -0.308 e. The molecule has 0 amide bonds. The molecule has 3 nitrogen and oxygen atoms in total. The molecule has 0 atom stereocenters. The van der Waals surface area contributed by atoms with E-state index in [0.29, 0.717) is 5.92 Å². The molecule has 0 saturated carbocycles. The van der Waals surface area contributed by atoms with Crippen LogP contribution in [0, 0.1) is 0 Å². The standard InChI is InChI=1S/C14H21N3/c1-11(2)12-5-6-14-13(9-12)10-17(15-14)8-7-16(3)4/h5-6,9-11H,7-8H2,1-4H3. The Morgan fingerprint density at radius 1 is 1.29 bits per heavy atom. The number of likely N-dealkylation sites (N-methyl/N-ethyl adjacent to an activating group) is 1. The van der Waals surface area contributed by atoms with Gasteiger partial charge in [-0.3, -0.25) is 4.68 Å². The van der Waals surface area contributed by atoms with Gasteiger partial charge in [-0.1, -0.05) is 19.9 Å². The highest BCUT2D eigenvalue weighted by Crippen LogP contribution is 2.20. The Balaban J connectivity index is 2.24. The third-order valence-electron chi connectivity index (χ3n) is 3.02. The molecule has 1 aromatic carbocycles. The Kier molecular flexibility index (Phi) is 3.48. The molecule has 0 unspecified atom stereocenters. The molecule has 0 N–H and O–H groups in total. The first kappa shape index (κ1) is 12.1. The van der Waals surface area contributed by atoms with E-state index in [1.165, 1.54) is 10.9 Å². The van der Waals surface area contributed by atoms with E-state index in [1.54, 1.807) is 0 Å². The number of hydrogen-bond acceptors (Lipinski definition) is 2. The van der Waals surface area contributed by atoms with Gasteiger partial charge in [-0.05, 0) is 37.7 Å². The average molecular weight is 231 g/mol. The normalized spacial score (nSPS) is 11.9. The maximum Gasteiger partial charge on any atom is 0.0923 e. The lowest BCUT2D eigenvalue weighted by Gasteiger charge is -2.08. The lowest BCUT2D eigenvalue weighted by atomic mass is 10.0. The first-order chi connectivity index (χ1) is 8.06. The molecule has 0 aliphatic rings. The van der Waals surface area contributed by atoms with E-state index in [4.69, 9.17) is 0 Å². The van der Waals surface area contributed by atoms with Crippen molar-refractivity contribution >= 4 is 10.9 Å². The Morgan fingerprint density at radius 2 is 2.06 bits per heavy atom. The molecule has 0 aliphatic carbocycles. The number of benzene rings is 1. The van der Waals surface area contributed by atoms with Crippen LogP contribution in [0.25, 0.3) is 10.9 Å². The maximum absolute atomic E-state index is 4.58. The molecule has 3 heteroatoms. The highest BCUT2D eigenvalue weighted by atomic mass is 15.3. The zero-order chi connectivity index (χ0) is 12.4. The Bertz CT molecular complexity index is 497. The third-order valence-corrected chi connectivity index (χ3v) is 3.02. The van der Waals surface area contributed by atoms with Crippen LogP contribution >= 0.6 is 0 Å². The van der Waals surface area contributed by atoms with Gasteiger partial charge in [-0.15, -0.1) is 0 Å². The molecule has 0 bridgehead atoms. The van der Waals surface area contributed by atoms with Gasteiger partial charge in [0.05, 0.1) is 12.1 Å². The van der Waals surface area contributed by atoms with Crippen molar-refractivity contribution in [3.8, 4) is 0 Å². The lowest BCUT2D eigenvalue weighted by molar-refractivity contribution is 0.374. The number of fused-ring (bicyclic) bond motifs is 1. The van der Waals surface area contributed by atoms with Gasteiger partial charge in [0.25, 0.3) is 0 Å². The summed E-state index contributed by atoms with van der Waals surface area (Å²) in [5.41, 5.74) is 2.47. The fourth-order valence-electron chi connectivity index (χ4n) is 1.87. The zero-order valence-corrected chi connectivity index (χ0v) is 11.1. The van der Waals surface area contributed by atoms with Crippen LogP contribution in [-0.2, 0) is 6.54 Å². The Morgan fingerprint density at radius 3 is 2.71 bits per heavy atom. The highest BCUT2D eigenvalue weighted by molar-refractivity contribution is 5.78. The smallest absolute Gasteiger partial charge is 0.0923 e. The molecule has 2 aromatic rings. The molecule has 1 aromatic heterocycles. The third kappa shape index (κ3) is 2.86.